The van der Waals surface area contributed by atoms with Crippen LogP contribution < -0.4 is 14.8 Å². The normalized spacial score (nSPS) is 13.9. The van der Waals surface area contributed by atoms with Crippen molar-refractivity contribution in [1.29, 1.82) is 5.26 Å². The Morgan fingerprint density at radius 1 is 0.973 bits per heavy atom. The van der Waals surface area contributed by atoms with Crippen LogP contribution in [0.4, 0.5) is 10.1 Å². The number of hydrogen-bond donors (Lipinski definition) is 1. The van der Waals surface area contributed by atoms with Gasteiger partial charge < -0.3 is 19.7 Å². The summed E-state index contributed by atoms with van der Waals surface area (Å²) in [4.78, 5) is 29.4. The van der Waals surface area contributed by atoms with Gasteiger partial charge in [0.25, 0.3) is 5.91 Å². The summed E-state index contributed by atoms with van der Waals surface area (Å²) in [5, 5.41) is 12.1. The van der Waals surface area contributed by atoms with Crippen LogP contribution in [-0.2, 0) is 11.3 Å². The number of hydrogen-bond acceptors (Lipinski definition) is 5. The van der Waals surface area contributed by atoms with Gasteiger partial charge in [0, 0.05) is 17.8 Å². The van der Waals surface area contributed by atoms with Gasteiger partial charge in [0.1, 0.15) is 11.4 Å². The minimum absolute atomic E-state index is 0.149. The van der Waals surface area contributed by atoms with Crippen molar-refractivity contribution >= 4 is 17.5 Å². The minimum Gasteiger partial charge on any atom is -0.493 e. The fourth-order valence-electron chi connectivity index (χ4n) is 4.78. The maximum absolute atomic E-state index is 14.0. The third kappa shape index (κ3) is 5.41. The Balaban J connectivity index is 1.75. The molecule has 1 aliphatic carbocycles. The van der Waals surface area contributed by atoms with Crippen LogP contribution in [-0.4, -0.2) is 36.5 Å². The molecule has 2 amide bonds. The summed E-state index contributed by atoms with van der Waals surface area (Å²) in [5.74, 6) is 0.0250. The van der Waals surface area contributed by atoms with E-state index in [9.17, 15) is 14.0 Å². The van der Waals surface area contributed by atoms with Crippen molar-refractivity contribution in [1.82, 2.24) is 4.90 Å². The highest BCUT2D eigenvalue weighted by molar-refractivity contribution is 6.04. The molecule has 0 bridgehead atoms. The summed E-state index contributed by atoms with van der Waals surface area (Å²) < 4.78 is 24.2. The molecule has 4 rings (SSSR count). The summed E-state index contributed by atoms with van der Waals surface area (Å²) in [7, 11) is 3.08. The largest absolute Gasteiger partial charge is 0.493 e. The molecule has 37 heavy (non-hydrogen) atoms. The Morgan fingerprint density at radius 2 is 1.62 bits per heavy atom. The second-order valence-electron chi connectivity index (χ2n) is 8.97. The molecule has 3 aromatic carbocycles. The van der Waals surface area contributed by atoms with E-state index in [2.05, 4.69) is 11.4 Å². The van der Waals surface area contributed by atoms with Crippen molar-refractivity contribution in [3.05, 3.63) is 89.2 Å². The molecule has 1 N–H and O–H groups in total. The molecule has 1 aliphatic rings. The Morgan fingerprint density at radius 3 is 2.22 bits per heavy atom. The number of amides is 2. The van der Waals surface area contributed by atoms with Crippen LogP contribution >= 0.6 is 0 Å². The summed E-state index contributed by atoms with van der Waals surface area (Å²) in [5.41, 5.74) is 0.912. The number of carbonyl (C=O) groups excluding carboxylic acids is 2. The average Bonchev–Trinajstić information content (AvgIpc) is 3.43. The van der Waals surface area contributed by atoms with Crippen LogP contribution in [0.5, 0.6) is 11.5 Å². The number of carbonyl (C=O) groups is 2. The van der Waals surface area contributed by atoms with Crippen LogP contribution in [0.3, 0.4) is 0 Å². The highest BCUT2D eigenvalue weighted by Gasteiger charge is 2.48. The molecule has 190 valence electrons. The first-order valence-electron chi connectivity index (χ1n) is 12.0. The minimum atomic E-state index is -1.12. The van der Waals surface area contributed by atoms with Gasteiger partial charge in [-0.05, 0) is 79.1 Å². The molecule has 0 spiro atoms. The van der Waals surface area contributed by atoms with Crippen molar-refractivity contribution in [2.75, 3.05) is 19.5 Å². The lowest BCUT2D eigenvalue weighted by Gasteiger charge is -2.40. The first kappa shape index (κ1) is 25.7. The maximum atomic E-state index is 14.0. The molecular formula is C29H28FN3O4. The van der Waals surface area contributed by atoms with Crippen molar-refractivity contribution < 1.29 is 23.5 Å². The number of nitrogens with zero attached hydrogens (tertiary/aromatic N) is 2. The third-order valence-corrected chi connectivity index (χ3v) is 6.77. The second kappa shape index (κ2) is 11.1. The second-order valence-corrected chi connectivity index (χ2v) is 8.97. The zero-order valence-electron chi connectivity index (χ0n) is 20.8. The molecule has 0 aliphatic heterocycles. The molecule has 1 fully saturated rings. The van der Waals surface area contributed by atoms with Crippen LogP contribution in [0.1, 0.15) is 47.2 Å². The van der Waals surface area contributed by atoms with Crippen molar-refractivity contribution in [3.63, 3.8) is 0 Å². The van der Waals surface area contributed by atoms with Crippen LogP contribution in [0.15, 0.2) is 66.7 Å². The van der Waals surface area contributed by atoms with Gasteiger partial charge in [0.15, 0.2) is 11.5 Å². The first-order valence-corrected chi connectivity index (χ1v) is 12.0. The van der Waals surface area contributed by atoms with Gasteiger partial charge in [-0.2, -0.15) is 5.26 Å². The van der Waals surface area contributed by atoms with E-state index in [4.69, 9.17) is 14.7 Å². The lowest BCUT2D eigenvalue weighted by Crippen LogP contribution is -2.57. The van der Waals surface area contributed by atoms with Crippen LogP contribution in [0.2, 0.25) is 0 Å². The van der Waals surface area contributed by atoms with Gasteiger partial charge in [-0.15, -0.1) is 0 Å². The number of ether oxygens (including phenoxy) is 2. The molecule has 8 heteroatoms. The smallest absolute Gasteiger partial charge is 0.255 e. The first-order chi connectivity index (χ1) is 17.9. The lowest BCUT2D eigenvalue weighted by molar-refractivity contribution is -0.126. The molecule has 0 unspecified atom stereocenters. The molecule has 0 aromatic heterocycles. The Bertz CT molecular complexity index is 1310. The summed E-state index contributed by atoms with van der Waals surface area (Å²) in [6, 6.07) is 19.4. The summed E-state index contributed by atoms with van der Waals surface area (Å²) in [6.45, 7) is 0.149. The van der Waals surface area contributed by atoms with Crippen molar-refractivity contribution in [2.24, 2.45) is 0 Å². The quantitative estimate of drug-likeness (QED) is 0.452. The predicted molar refractivity (Wildman–Crippen MR) is 137 cm³/mol. The van der Waals surface area contributed by atoms with E-state index in [-0.39, 0.29) is 18.4 Å². The Kier molecular flexibility index (Phi) is 7.73. The Labute approximate surface area is 215 Å². The van der Waals surface area contributed by atoms with E-state index in [0.717, 1.165) is 18.4 Å². The monoisotopic (exact) mass is 501 g/mol. The standard InChI is InChI=1S/C29H28FN3O4/c1-36-25-14-7-21(17-26(25)37-2)19-33(27(34)22-8-5-20(18-31)6-9-22)29(15-3-4-16-29)28(35)32-24-12-10-23(30)11-13-24/h5-14,17H,3-4,15-16,19H2,1-2H3,(H,32,35). The number of anilines is 1. The molecule has 0 radical (unpaired) electrons. The predicted octanol–water partition coefficient (Wildman–Crippen LogP) is 5.31. The molecule has 3 aromatic rings. The zero-order valence-corrected chi connectivity index (χ0v) is 20.8. The number of nitrogens with one attached hydrogen (secondary N) is 1. The topological polar surface area (TPSA) is 91.7 Å². The molecule has 1 saturated carbocycles. The fourth-order valence-corrected chi connectivity index (χ4v) is 4.78. The number of halogens is 1. The van der Waals surface area contributed by atoms with E-state index >= 15 is 0 Å². The molecule has 7 nitrogen and oxygen atoms in total. The van der Waals surface area contributed by atoms with Gasteiger partial charge in [-0.25, -0.2) is 4.39 Å². The average molecular weight is 502 g/mol. The Hall–Kier alpha value is -4.38. The van der Waals surface area contributed by atoms with Crippen molar-refractivity contribution in [3.8, 4) is 17.6 Å². The molecule has 0 saturated heterocycles. The van der Waals surface area contributed by atoms with Crippen LogP contribution in [0, 0.1) is 17.1 Å². The summed E-state index contributed by atoms with van der Waals surface area (Å²) in [6.07, 6.45) is 2.52. The summed E-state index contributed by atoms with van der Waals surface area (Å²) >= 11 is 0. The van der Waals surface area contributed by atoms with Crippen LogP contribution in [0.25, 0.3) is 0 Å². The molecular weight excluding hydrogens is 473 g/mol. The van der Waals surface area contributed by atoms with Gasteiger partial charge >= 0.3 is 0 Å². The zero-order chi connectivity index (χ0) is 26.4. The van der Waals surface area contributed by atoms with Crippen molar-refractivity contribution in [2.45, 2.75) is 37.8 Å². The number of benzene rings is 3. The number of rotatable bonds is 8. The van der Waals surface area contributed by atoms with E-state index in [0.29, 0.717) is 41.2 Å². The molecule has 0 atom stereocenters. The number of nitriles is 1. The highest BCUT2D eigenvalue weighted by Crippen LogP contribution is 2.39. The van der Waals surface area contributed by atoms with E-state index in [1.165, 1.54) is 31.4 Å². The highest BCUT2D eigenvalue weighted by atomic mass is 19.1. The number of methoxy groups -OCH3 is 2. The van der Waals surface area contributed by atoms with Gasteiger partial charge in [-0.1, -0.05) is 18.9 Å². The van der Waals surface area contributed by atoms with E-state index < -0.39 is 11.4 Å². The van der Waals surface area contributed by atoms with E-state index in [1.807, 2.05) is 6.07 Å². The fraction of sp³-hybridized carbons (Fsp3) is 0.276. The van der Waals surface area contributed by atoms with Gasteiger partial charge in [0.05, 0.1) is 25.9 Å². The van der Waals surface area contributed by atoms with Gasteiger partial charge in [0.2, 0.25) is 5.91 Å². The molecule has 0 heterocycles. The van der Waals surface area contributed by atoms with E-state index in [1.54, 1.807) is 48.4 Å². The lowest BCUT2D eigenvalue weighted by atomic mass is 9.91. The maximum Gasteiger partial charge on any atom is 0.255 e. The SMILES string of the molecule is COc1ccc(CN(C(=O)c2ccc(C#N)cc2)C2(C(=O)Nc3ccc(F)cc3)CCCC2)cc1OC. The third-order valence-electron chi connectivity index (χ3n) is 6.77. The van der Waals surface area contributed by atoms with Gasteiger partial charge in [-0.3, -0.25) is 9.59 Å².